The molecule has 0 aromatic rings. The fourth-order valence-electron chi connectivity index (χ4n) is 1.68. The standard InChI is InChI=1S/C6H12BFN4O/c1-7(13)12-4-5(10-11-9)2-6(12)3-8/h5-6,13H,2-4H2,1H3. The number of azide groups is 1. The Hall–Kier alpha value is -0.775. The second-order valence-electron chi connectivity index (χ2n) is 3.23. The maximum absolute atomic E-state index is 12.4. The molecule has 0 radical (unpaired) electrons. The van der Waals surface area contributed by atoms with Crippen LogP contribution in [0.5, 0.6) is 0 Å². The van der Waals surface area contributed by atoms with Crippen molar-refractivity contribution in [2.75, 3.05) is 13.2 Å². The molecule has 1 fully saturated rings. The lowest BCUT2D eigenvalue weighted by Gasteiger charge is -2.22. The number of rotatable bonds is 3. The van der Waals surface area contributed by atoms with E-state index in [1.165, 1.54) is 0 Å². The van der Waals surface area contributed by atoms with Crippen molar-refractivity contribution in [3.8, 4) is 0 Å². The Kier molecular flexibility index (Phi) is 3.53. The van der Waals surface area contributed by atoms with Gasteiger partial charge in [0.1, 0.15) is 6.67 Å². The van der Waals surface area contributed by atoms with E-state index in [0.717, 1.165) is 0 Å². The Bertz CT molecular complexity index is 221. The molecule has 5 nitrogen and oxygen atoms in total. The van der Waals surface area contributed by atoms with Crippen molar-refractivity contribution < 1.29 is 9.41 Å². The van der Waals surface area contributed by atoms with Crippen LogP contribution in [-0.2, 0) is 0 Å². The van der Waals surface area contributed by atoms with Gasteiger partial charge in [-0.05, 0) is 25.3 Å². The van der Waals surface area contributed by atoms with Crippen LogP contribution in [0.3, 0.4) is 0 Å². The highest BCUT2D eigenvalue weighted by Gasteiger charge is 2.35. The summed E-state index contributed by atoms with van der Waals surface area (Å²) in [4.78, 5) is 4.28. The van der Waals surface area contributed by atoms with Gasteiger partial charge >= 0.3 is 7.05 Å². The third kappa shape index (κ3) is 2.34. The molecule has 0 aromatic heterocycles. The van der Waals surface area contributed by atoms with Crippen LogP contribution in [0.15, 0.2) is 5.11 Å². The average Bonchev–Trinajstić information content (AvgIpc) is 2.48. The van der Waals surface area contributed by atoms with Crippen LogP contribution >= 0.6 is 0 Å². The minimum Gasteiger partial charge on any atom is -0.437 e. The highest BCUT2D eigenvalue weighted by Crippen LogP contribution is 2.21. The van der Waals surface area contributed by atoms with E-state index in [1.807, 2.05) is 0 Å². The second kappa shape index (κ2) is 4.46. The summed E-state index contributed by atoms with van der Waals surface area (Å²) in [5.74, 6) is 0. The second-order valence-corrected chi connectivity index (χ2v) is 3.23. The van der Waals surface area contributed by atoms with Crippen LogP contribution in [0.2, 0.25) is 6.82 Å². The summed E-state index contributed by atoms with van der Waals surface area (Å²) >= 11 is 0. The smallest absolute Gasteiger partial charge is 0.376 e. The van der Waals surface area contributed by atoms with E-state index in [9.17, 15) is 9.41 Å². The highest BCUT2D eigenvalue weighted by atomic mass is 19.1. The van der Waals surface area contributed by atoms with E-state index in [4.69, 9.17) is 5.53 Å². The van der Waals surface area contributed by atoms with Gasteiger partial charge in [0.25, 0.3) is 0 Å². The van der Waals surface area contributed by atoms with E-state index in [2.05, 4.69) is 10.0 Å². The van der Waals surface area contributed by atoms with Crippen molar-refractivity contribution in [3.63, 3.8) is 0 Å². The zero-order valence-electron chi connectivity index (χ0n) is 7.47. The zero-order chi connectivity index (χ0) is 9.84. The molecule has 1 aliphatic heterocycles. The van der Waals surface area contributed by atoms with Gasteiger partial charge in [-0.15, -0.1) is 0 Å². The first-order chi connectivity index (χ1) is 6.19. The van der Waals surface area contributed by atoms with Crippen LogP contribution in [0.4, 0.5) is 4.39 Å². The fraction of sp³-hybridized carbons (Fsp3) is 1.00. The van der Waals surface area contributed by atoms with Gasteiger partial charge in [-0.2, -0.15) is 0 Å². The molecule has 13 heavy (non-hydrogen) atoms. The van der Waals surface area contributed by atoms with E-state index < -0.39 is 13.7 Å². The first-order valence-corrected chi connectivity index (χ1v) is 4.23. The van der Waals surface area contributed by atoms with E-state index in [-0.39, 0.29) is 12.1 Å². The molecule has 0 spiro atoms. The summed E-state index contributed by atoms with van der Waals surface area (Å²) in [5, 5.41) is 12.8. The molecule has 0 amide bonds. The van der Waals surface area contributed by atoms with E-state index in [1.54, 1.807) is 11.6 Å². The van der Waals surface area contributed by atoms with Crippen molar-refractivity contribution in [1.29, 1.82) is 0 Å². The van der Waals surface area contributed by atoms with Gasteiger partial charge in [0.2, 0.25) is 0 Å². The third-order valence-electron chi connectivity index (χ3n) is 2.31. The van der Waals surface area contributed by atoms with Gasteiger partial charge < -0.3 is 9.83 Å². The highest BCUT2D eigenvalue weighted by molar-refractivity contribution is 6.45. The van der Waals surface area contributed by atoms with Crippen molar-refractivity contribution in [2.24, 2.45) is 5.11 Å². The summed E-state index contributed by atoms with van der Waals surface area (Å²) in [6.07, 6.45) is 0.492. The third-order valence-corrected chi connectivity index (χ3v) is 2.31. The fourth-order valence-corrected chi connectivity index (χ4v) is 1.68. The van der Waals surface area contributed by atoms with Gasteiger partial charge in [-0.1, -0.05) is 5.11 Å². The van der Waals surface area contributed by atoms with Gasteiger partial charge in [0.05, 0.1) is 6.04 Å². The van der Waals surface area contributed by atoms with Gasteiger partial charge in [-0.25, -0.2) is 4.39 Å². The average molecular weight is 186 g/mol. The van der Waals surface area contributed by atoms with Crippen LogP contribution in [0, 0.1) is 0 Å². The Labute approximate surface area is 76.3 Å². The minimum absolute atomic E-state index is 0.208. The lowest BCUT2D eigenvalue weighted by molar-refractivity contribution is 0.286. The lowest BCUT2D eigenvalue weighted by atomic mass is 9.84. The summed E-state index contributed by atoms with van der Waals surface area (Å²) < 4.78 is 12.4. The van der Waals surface area contributed by atoms with Crippen LogP contribution < -0.4 is 0 Å². The number of alkyl halides is 1. The van der Waals surface area contributed by atoms with Crippen LogP contribution in [0.25, 0.3) is 10.4 Å². The molecule has 0 aliphatic carbocycles. The molecule has 1 saturated heterocycles. The van der Waals surface area contributed by atoms with Gasteiger partial charge in [0, 0.05) is 11.0 Å². The maximum Gasteiger partial charge on any atom is 0.376 e. The van der Waals surface area contributed by atoms with Crippen LogP contribution in [0.1, 0.15) is 6.42 Å². The van der Waals surface area contributed by atoms with E-state index >= 15 is 0 Å². The molecule has 0 bridgehead atoms. The molecule has 1 aliphatic rings. The molecule has 1 N–H and O–H groups in total. The summed E-state index contributed by atoms with van der Waals surface area (Å²) in [7, 11) is -0.681. The lowest BCUT2D eigenvalue weighted by Crippen LogP contribution is -2.42. The molecule has 2 unspecified atom stereocenters. The minimum atomic E-state index is -0.681. The molecule has 0 aromatic carbocycles. The molecule has 1 rings (SSSR count). The quantitative estimate of drug-likeness (QED) is 0.306. The molecule has 7 heteroatoms. The Morgan fingerprint density at radius 3 is 2.92 bits per heavy atom. The predicted molar refractivity (Wildman–Crippen MR) is 47.9 cm³/mol. The van der Waals surface area contributed by atoms with Gasteiger partial charge in [0.15, 0.2) is 0 Å². The Morgan fingerprint density at radius 2 is 2.54 bits per heavy atom. The van der Waals surface area contributed by atoms with Crippen molar-refractivity contribution in [1.82, 2.24) is 4.81 Å². The van der Waals surface area contributed by atoms with Gasteiger partial charge in [-0.3, -0.25) is 0 Å². The number of halogens is 1. The van der Waals surface area contributed by atoms with Crippen molar-refractivity contribution >= 4 is 7.05 Å². The molecule has 0 saturated carbocycles. The first kappa shape index (κ1) is 10.3. The summed E-state index contributed by atoms with van der Waals surface area (Å²) in [6, 6.07) is -0.518. The number of hydrogen-bond acceptors (Lipinski definition) is 3. The molecular weight excluding hydrogens is 174 g/mol. The number of hydrogen-bond donors (Lipinski definition) is 1. The Balaban J connectivity index is 2.60. The summed E-state index contributed by atoms with van der Waals surface area (Å²) in [6.45, 7) is 1.51. The van der Waals surface area contributed by atoms with Crippen molar-refractivity contribution in [3.05, 3.63) is 10.4 Å². The molecule has 1 heterocycles. The Morgan fingerprint density at radius 1 is 1.85 bits per heavy atom. The topological polar surface area (TPSA) is 72.2 Å². The molecule has 72 valence electrons. The predicted octanol–water partition coefficient (Wildman–Crippen LogP) is 0.819. The first-order valence-electron chi connectivity index (χ1n) is 4.23. The maximum atomic E-state index is 12.4. The SMILES string of the molecule is CB(O)N1CC(N=[N+]=[N-])CC1CF. The monoisotopic (exact) mass is 186 g/mol. The molecule has 2 atom stereocenters. The summed E-state index contributed by atoms with van der Waals surface area (Å²) in [5.41, 5.74) is 8.19. The molecular formula is C6H12BFN4O. The normalized spacial score (nSPS) is 28.5. The zero-order valence-corrected chi connectivity index (χ0v) is 7.47. The largest absolute Gasteiger partial charge is 0.437 e. The van der Waals surface area contributed by atoms with E-state index in [0.29, 0.717) is 13.0 Å². The number of nitrogens with zero attached hydrogens (tertiary/aromatic N) is 4. The van der Waals surface area contributed by atoms with Crippen molar-refractivity contribution in [2.45, 2.75) is 25.3 Å². The van der Waals surface area contributed by atoms with Crippen LogP contribution in [-0.4, -0.2) is 42.2 Å².